The molecule has 4 nitrogen and oxygen atoms in total. The molecule has 0 aliphatic carbocycles. The van der Waals surface area contributed by atoms with Crippen LogP contribution in [0.25, 0.3) is 0 Å². The lowest BCUT2D eigenvalue weighted by Gasteiger charge is -1.94. The predicted octanol–water partition coefficient (Wildman–Crippen LogP) is 1.85. The van der Waals surface area contributed by atoms with Crippen molar-refractivity contribution in [2.75, 3.05) is 0 Å². The number of hydrogen-bond acceptors (Lipinski definition) is 3. The van der Waals surface area contributed by atoms with E-state index in [-0.39, 0.29) is 5.69 Å². The third-order valence-corrected chi connectivity index (χ3v) is 2.47. The number of hydrogen-bond donors (Lipinski definition) is 0. The van der Waals surface area contributed by atoms with E-state index in [2.05, 4.69) is 6.58 Å². The van der Waals surface area contributed by atoms with Crippen molar-refractivity contribution in [3.05, 3.63) is 46.4 Å². The first kappa shape index (κ1) is 9.60. The van der Waals surface area contributed by atoms with Crippen LogP contribution in [-0.4, -0.2) is 9.13 Å². The first-order valence-corrected chi connectivity index (χ1v) is 4.64. The summed E-state index contributed by atoms with van der Waals surface area (Å²) in [4.78, 5) is 10.3. The lowest BCUT2D eigenvalue weighted by molar-refractivity contribution is -0.384. The molecule has 0 amide bonds. The molecule has 68 valence electrons. The minimum Gasteiger partial charge on any atom is -0.258 e. The summed E-state index contributed by atoms with van der Waals surface area (Å²) in [6, 6.07) is 5.54. The quantitative estimate of drug-likeness (QED) is 0.548. The molecule has 0 aliphatic heterocycles. The summed E-state index contributed by atoms with van der Waals surface area (Å²) in [5.74, 6) is 0. The van der Waals surface area contributed by atoms with Crippen LogP contribution in [0.2, 0.25) is 0 Å². The van der Waals surface area contributed by atoms with Crippen molar-refractivity contribution in [3.63, 3.8) is 0 Å². The van der Waals surface area contributed by atoms with E-state index in [1.165, 1.54) is 29.7 Å². The van der Waals surface area contributed by atoms with Gasteiger partial charge in [0, 0.05) is 22.4 Å². The van der Waals surface area contributed by atoms with Gasteiger partial charge >= 0.3 is 0 Å². The number of nitro benzene ring substituents is 1. The Bertz CT molecular complexity index is 358. The third kappa shape index (κ3) is 2.22. The summed E-state index contributed by atoms with van der Waals surface area (Å²) in [7, 11) is -1.27. The molecule has 1 rings (SSSR count). The van der Waals surface area contributed by atoms with Crippen molar-refractivity contribution in [2.45, 2.75) is 4.90 Å². The maximum absolute atomic E-state index is 11.1. The summed E-state index contributed by atoms with van der Waals surface area (Å²) < 4.78 is 11.1. The molecule has 0 fully saturated rings. The highest BCUT2D eigenvalue weighted by atomic mass is 32.2. The molecule has 0 bridgehead atoms. The van der Waals surface area contributed by atoms with Crippen molar-refractivity contribution < 1.29 is 9.13 Å². The van der Waals surface area contributed by atoms with Gasteiger partial charge in [-0.1, -0.05) is 6.58 Å². The number of rotatable bonds is 3. The highest BCUT2D eigenvalue weighted by Crippen LogP contribution is 2.14. The van der Waals surface area contributed by atoms with Gasteiger partial charge in [0.05, 0.1) is 15.7 Å². The van der Waals surface area contributed by atoms with Gasteiger partial charge in [-0.3, -0.25) is 10.1 Å². The standard InChI is InChI=1S/C8H7NO3S/c1-2-13(12)8-5-3-7(4-6-8)9(10)11/h2-6H,1H2. The minimum absolute atomic E-state index is 0.00943. The van der Waals surface area contributed by atoms with E-state index in [1.807, 2.05) is 0 Å². The Hall–Kier alpha value is -1.49. The van der Waals surface area contributed by atoms with Crippen LogP contribution in [0, 0.1) is 10.1 Å². The Balaban J connectivity index is 3.00. The average Bonchev–Trinajstić information content (AvgIpc) is 2.17. The van der Waals surface area contributed by atoms with E-state index in [0.717, 1.165) is 0 Å². The first-order chi connectivity index (χ1) is 6.15. The topological polar surface area (TPSA) is 60.2 Å². The number of nitro groups is 1. The second-order valence-electron chi connectivity index (χ2n) is 2.22. The molecule has 0 aliphatic rings. The fourth-order valence-corrected chi connectivity index (χ4v) is 1.39. The van der Waals surface area contributed by atoms with Gasteiger partial charge in [-0.25, -0.2) is 4.21 Å². The van der Waals surface area contributed by atoms with Crippen LogP contribution in [0.15, 0.2) is 41.1 Å². The predicted molar refractivity (Wildman–Crippen MR) is 49.7 cm³/mol. The van der Waals surface area contributed by atoms with Crippen LogP contribution in [0.5, 0.6) is 0 Å². The van der Waals surface area contributed by atoms with Gasteiger partial charge in [0.15, 0.2) is 0 Å². The van der Waals surface area contributed by atoms with Crippen molar-refractivity contribution in [2.24, 2.45) is 0 Å². The molecule has 0 aromatic heterocycles. The van der Waals surface area contributed by atoms with E-state index in [0.29, 0.717) is 4.90 Å². The molecule has 13 heavy (non-hydrogen) atoms. The van der Waals surface area contributed by atoms with Gasteiger partial charge < -0.3 is 0 Å². The zero-order valence-electron chi connectivity index (χ0n) is 6.67. The molecular weight excluding hydrogens is 190 g/mol. The zero-order valence-corrected chi connectivity index (χ0v) is 7.49. The van der Waals surface area contributed by atoms with Gasteiger partial charge in [-0.05, 0) is 12.1 Å². The molecule has 1 unspecified atom stereocenters. The number of nitrogens with zero attached hydrogens (tertiary/aromatic N) is 1. The Morgan fingerprint density at radius 1 is 1.38 bits per heavy atom. The fraction of sp³-hybridized carbons (Fsp3) is 0. The molecular formula is C8H7NO3S. The molecule has 0 radical (unpaired) electrons. The SMILES string of the molecule is C=CS(=O)c1ccc([N+](=O)[O-])cc1. The Labute approximate surface area is 77.5 Å². The molecule has 0 spiro atoms. The lowest BCUT2D eigenvalue weighted by atomic mass is 10.3. The average molecular weight is 197 g/mol. The molecule has 0 saturated heterocycles. The largest absolute Gasteiger partial charge is 0.269 e. The van der Waals surface area contributed by atoms with Crippen molar-refractivity contribution in [1.82, 2.24) is 0 Å². The first-order valence-electron chi connectivity index (χ1n) is 3.42. The van der Waals surface area contributed by atoms with Crippen LogP contribution < -0.4 is 0 Å². The van der Waals surface area contributed by atoms with Crippen molar-refractivity contribution in [1.29, 1.82) is 0 Å². The molecule has 0 heterocycles. The van der Waals surface area contributed by atoms with Crippen molar-refractivity contribution in [3.8, 4) is 0 Å². The van der Waals surface area contributed by atoms with Crippen LogP contribution in [-0.2, 0) is 10.8 Å². The minimum atomic E-state index is -1.27. The van der Waals surface area contributed by atoms with E-state index in [4.69, 9.17) is 0 Å². The van der Waals surface area contributed by atoms with E-state index in [9.17, 15) is 14.3 Å². The molecule has 5 heteroatoms. The van der Waals surface area contributed by atoms with Gasteiger partial charge in [0.2, 0.25) is 0 Å². The Morgan fingerprint density at radius 2 is 1.92 bits per heavy atom. The molecule has 1 aromatic carbocycles. The Kier molecular flexibility index (Phi) is 2.92. The zero-order chi connectivity index (χ0) is 9.84. The molecule has 0 saturated carbocycles. The summed E-state index contributed by atoms with van der Waals surface area (Å²) in [6.45, 7) is 3.36. The van der Waals surface area contributed by atoms with Gasteiger partial charge in [-0.15, -0.1) is 0 Å². The van der Waals surface area contributed by atoms with Crippen LogP contribution in [0.4, 0.5) is 5.69 Å². The van der Waals surface area contributed by atoms with Gasteiger partial charge in [0.1, 0.15) is 0 Å². The second kappa shape index (κ2) is 3.95. The van der Waals surface area contributed by atoms with E-state index < -0.39 is 15.7 Å². The van der Waals surface area contributed by atoms with Crippen LogP contribution in [0.1, 0.15) is 0 Å². The van der Waals surface area contributed by atoms with Gasteiger partial charge in [0.25, 0.3) is 5.69 Å². The molecule has 0 N–H and O–H groups in total. The van der Waals surface area contributed by atoms with Crippen molar-refractivity contribution >= 4 is 16.5 Å². The molecule has 1 aromatic rings. The number of benzene rings is 1. The summed E-state index contributed by atoms with van der Waals surface area (Å²) in [5, 5.41) is 11.5. The van der Waals surface area contributed by atoms with Crippen LogP contribution >= 0.6 is 0 Å². The summed E-state index contributed by atoms with van der Waals surface area (Å²) in [6.07, 6.45) is 0. The van der Waals surface area contributed by atoms with E-state index in [1.54, 1.807) is 0 Å². The number of non-ortho nitro benzene ring substituents is 1. The van der Waals surface area contributed by atoms with Crippen LogP contribution in [0.3, 0.4) is 0 Å². The third-order valence-electron chi connectivity index (χ3n) is 1.43. The smallest absolute Gasteiger partial charge is 0.258 e. The monoisotopic (exact) mass is 197 g/mol. The summed E-state index contributed by atoms with van der Waals surface area (Å²) in [5.41, 5.74) is -0.00943. The Morgan fingerprint density at radius 3 is 2.31 bits per heavy atom. The van der Waals surface area contributed by atoms with Gasteiger partial charge in [-0.2, -0.15) is 0 Å². The lowest BCUT2D eigenvalue weighted by Crippen LogP contribution is -1.89. The highest BCUT2D eigenvalue weighted by molar-refractivity contribution is 7.88. The maximum atomic E-state index is 11.1. The highest BCUT2D eigenvalue weighted by Gasteiger charge is 2.05. The maximum Gasteiger partial charge on any atom is 0.269 e. The summed E-state index contributed by atoms with van der Waals surface area (Å²) >= 11 is 0. The second-order valence-corrected chi connectivity index (χ2v) is 3.61. The normalized spacial score (nSPS) is 12.0. The molecule has 1 atom stereocenters. The van der Waals surface area contributed by atoms with E-state index >= 15 is 0 Å². The fourth-order valence-electron chi connectivity index (χ4n) is 0.798.